The number of unbranched alkanes of at least 4 members (excludes halogenated alkanes) is 1. The van der Waals surface area contributed by atoms with Gasteiger partial charge in [-0.25, -0.2) is 4.79 Å². The molecule has 1 heterocycles. The van der Waals surface area contributed by atoms with Crippen LogP contribution in [0.5, 0.6) is 5.75 Å². The molecule has 1 fully saturated rings. The van der Waals surface area contributed by atoms with Crippen LogP contribution in [0.25, 0.3) is 0 Å². The summed E-state index contributed by atoms with van der Waals surface area (Å²) in [5, 5.41) is 12.0. The maximum atomic E-state index is 12.4. The van der Waals surface area contributed by atoms with Gasteiger partial charge < -0.3 is 20.1 Å². The minimum Gasteiger partial charge on any atom is -0.494 e. The standard InChI is InChI=1S/C18H26N2O4/c1-3-4-8-24-16-7-5-6-15(10-16)19-18(23)20-11-13(2)9-14(12-20)17(21)22/h5-7,10,13-14H,3-4,8-9,11-12H2,1-2H3,(H,19,23)(H,21,22). The van der Waals surface area contributed by atoms with Crippen molar-refractivity contribution in [1.29, 1.82) is 0 Å². The van der Waals surface area contributed by atoms with E-state index in [-0.39, 0.29) is 18.5 Å². The summed E-state index contributed by atoms with van der Waals surface area (Å²) in [6.07, 6.45) is 2.66. The highest BCUT2D eigenvalue weighted by Crippen LogP contribution is 2.23. The Bertz CT molecular complexity index is 576. The fourth-order valence-electron chi connectivity index (χ4n) is 2.90. The number of ether oxygens (including phenoxy) is 1. The second-order valence-electron chi connectivity index (χ2n) is 6.44. The van der Waals surface area contributed by atoms with Crippen molar-refractivity contribution in [2.75, 3.05) is 25.0 Å². The molecule has 6 nitrogen and oxygen atoms in total. The molecule has 2 rings (SSSR count). The summed E-state index contributed by atoms with van der Waals surface area (Å²) >= 11 is 0. The molecule has 1 aromatic rings. The van der Waals surface area contributed by atoms with Gasteiger partial charge >= 0.3 is 12.0 Å². The summed E-state index contributed by atoms with van der Waals surface area (Å²) in [5.74, 6) is -0.445. The molecule has 2 amide bonds. The molecule has 1 saturated heterocycles. The van der Waals surface area contributed by atoms with Crippen molar-refractivity contribution in [3.8, 4) is 5.75 Å². The first kappa shape index (κ1) is 18.1. The highest BCUT2D eigenvalue weighted by atomic mass is 16.5. The van der Waals surface area contributed by atoms with Gasteiger partial charge in [-0.15, -0.1) is 0 Å². The van der Waals surface area contributed by atoms with Crippen LogP contribution in [0, 0.1) is 11.8 Å². The lowest BCUT2D eigenvalue weighted by molar-refractivity contribution is -0.143. The van der Waals surface area contributed by atoms with Gasteiger partial charge in [0.25, 0.3) is 0 Å². The first-order chi connectivity index (χ1) is 11.5. The highest BCUT2D eigenvalue weighted by molar-refractivity contribution is 5.90. The summed E-state index contributed by atoms with van der Waals surface area (Å²) in [5.41, 5.74) is 0.652. The molecule has 1 aliphatic rings. The third kappa shape index (κ3) is 5.15. The van der Waals surface area contributed by atoms with E-state index >= 15 is 0 Å². The average molecular weight is 334 g/mol. The van der Waals surface area contributed by atoms with Gasteiger partial charge in [0.05, 0.1) is 12.5 Å². The van der Waals surface area contributed by atoms with Crippen molar-refractivity contribution >= 4 is 17.7 Å². The number of anilines is 1. The first-order valence-electron chi connectivity index (χ1n) is 8.51. The maximum absolute atomic E-state index is 12.4. The van der Waals surface area contributed by atoms with Crippen molar-refractivity contribution in [2.24, 2.45) is 11.8 Å². The average Bonchev–Trinajstić information content (AvgIpc) is 2.55. The van der Waals surface area contributed by atoms with Crippen molar-refractivity contribution in [3.05, 3.63) is 24.3 Å². The lowest BCUT2D eigenvalue weighted by Crippen LogP contribution is -2.47. The molecular formula is C18H26N2O4. The number of hydrogen-bond acceptors (Lipinski definition) is 3. The zero-order valence-electron chi connectivity index (χ0n) is 14.3. The predicted octanol–water partition coefficient (Wildman–Crippen LogP) is 3.44. The Labute approximate surface area is 142 Å². The second-order valence-corrected chi connectivity index (χ2v) is 6.44. The van der Waals surface area contributed by atoms with Crippen LogP contribution in [-0.2, 0) is 4.79 Å². The number of carboxylic acid groups (broad SMARTS) is 1. The molecular weight excluding hydrogens is 308 g/mol. The Hall–Kier alpha value is -2.24. The number of carbonyl (C=O) groups excluding carboxylic acids is 1. The van der Waals surface area contributed by atoms with Crippen LogP contribution in [0.1, 0.15) is 33.1 Å². The molecule has 2 atom stereocenters. The first-order valence-corrected chi connectivity index (χ1v) is 8.51. The van der Waals surface area contributed by atoms with E-state index < -0.39 is 11.9 Å². The fourth-order valence-corrected chi connectivity index (χ4v) is 2.90. The third-order valence-electron chi connectivity index (χ3n) is 4.15. The zero-order valence-corrected chi connectivity index (χ0v) is 14.3. The number of benzene rings is 1. The normalized spacial score (nSPS) is 20.5. The monoisotopic (exact) mass is 334 g/mol. The molecule has 2 unspecified atom stereocenters. The Kier molecular flexibility index (Phi) is 6.46. The fraction of sp³-hybridized carbons (Fsp3) is 0.556. The van der Waals surface area contributed by atoms with E-state index in [1.165, 1.54) is 0 Å². The molecule has 24 heavy (non-hydrogen) atoms. The van der Waals surface area contributed by atoms with Crippen molar-refractivity contribution in [3.63, 3.8) is 0 Å². The number of urea groups is 1. The lowest BCUT2D eigenvalue weighted by atomic mass is 9.91. The van der Waals surface area contributed by atoms with E-state index in [4.69, 9.17) is 4.74 Å². The molecule has 132 valence electrons. The predicted molar refractivity (Wildman–Crippen MR) is 92.3 cm³/mol. The summed E-state index contributed by atoms with van der Waals surface area (Å²) in [6, 6.07) is 7.01. The molecule has 0 spiro atoms. The van der Waals surface area contributed by atoms with Crippen LogP contribution in [0.3, 0.4) is 0 Å². The Morgan fingerprint density at radius 2 is 2.17 bits per heavy atom. The molecule has 6 heteroatoms. The minimum atomic E-state index is -0.842. The molecule has 0 aliphatic carbocycles. The van der Waals surface area contributed by atoms with Gasteiger partial charge in [0.2, 0.25) is 0 Å². The number of aliphatic carboxylic acids is 1. The molecule has 0 bridgehead atoms. The second kappa shape index (κ2) is 8.57. The minimum absolute atomic E-state index is 0.175. The SMILES string of the molecule is CCCCOc1cccc(NC(=O)N2CC(C)CC(C(=O)O)C2)c1. The van der Waals surface area contributed by atoms with Crippen molar-refractivity contribution in [1.82, 2.24) is 4.90 Å². The van der Waals surface area contributed by atoms with Crippen molar-refractivity contribution in [2.45, 2.75) is 33.1 Å². The summed E-state index contributed by atoms with van der Waals surface area (Å²) in [4.78, 5) is 25.2. The number of carbonyl (C=O) groups is 2. The summed E-state index contributed by atoms with van der Waals surface area (Å²) in [6.45, 7) is 5.54. The molecule has 2 N–H and O–H groups in total. The smallest absolute Gasteiger partial charge is 0.321 e. The molecule has 0 saturated carbocycles. The van der Waals surface area contributed by atoms with Gasteiger partial charge in [-0.05, 0) is 30.9 Å². The van der Waals surface area contributed by atoms with Crippen LogP contribution in [0.15, 0.2) is 24.3 Å². The quantitative estimate of drug-likeness (QED) is 0.781. The Morgan fingerprint density at radius 3 is 2.88 bits per heavy atom. The Balaban J connectivity index is 1.96. The third-order valence-corrected chi connectivity index (χ3v) is 4.15. The zero-order chi connectivity index (χ0) is 17.5. The van der Waals surface area contributed by atoms with Gasteiger partial charge in [-0.1, -0.05) is 26.3 Å². The Morgan fingerprint density at radius 1 is 1.38 bits per heavy atom. The molecule has 1 aliphatic heterocycles. The van der Waals surface area contributed by atoms with E-state index in [9.17, 15) is 14.7 Å². The highest BCUT2D eigenvalue weighted by Gasteiger charge is 2.31. The van der Waals surface area contributed by atoms with E-state index in [1.54, 1.807) is 17.0 Å². The number of rotatable bonds is 6. The van der Waals surface area contributed by atoms with E-state index in [0.29, 0.717) is 25.3 Å². The largest absolute Gasteiger partial charge is 0.494 e. The van der Waals surface area contributed by atoms with Gasteiger partial charge in [-0.3, -0.25) is 4.79 Å². The number of likely N-dealkylation sites (tertiary alicyclic amines) is 1. The van der Waals surface area contributed by atoms with Crippen LogP contribution >= 0.6 is 0 Å². The van der Waals surface area contributed by atoms with Gasteiger partial charge in [-0.2, -0.15) is 0 Å². The number of nitrogens with zero attached hydrogens (tertiary/aromatic N) is 1. The molecule has 0 radical (unpaired) electrons. The van der Waals surface area contributed by atoms with E-state index in [1.807, 2.05) is 19.1 Å². The number of piperidine rings is 1. The lowest BCUT2D eigenvalue weighted by Gasteiger charge is -2.34. The molecule has 1 aromatic carbocycles. The van der Waals surface area contributed by atoms with Crippen LogP contribution < -0.4 is 10.1 Å². The number of nitrogens with one attached hydrogen (secondary N) is 1. The number of hydrogen-bond donors (Lipinski definition) is 2. The van der Waals surface area contributed by atoms with E-state index in [2.05, 4.69) is 12.2 Å². The van der Waals surface area contributed by atoms with E-state index in [0.717, 1.165) is 18.6 Å². The maximum Gasteiger partial charge on any atom is 0.321 e. The van der Waals surface area contributed by atoms with Gasteiger partial charge in [0.15, 0.2) is 0 Å². The van der Waals surface area contributed by atoms with Gasteiger partial charge in [0, 0.05) is 24.8 Å². The number of amides is 2. The van der Waals surface area contributed by atoms with Crippen molar-refractivity contribution < 1.29 is 19.4 Å². The van der Waals surface area contributed by atoms with Crippen LogP contribution in [0.4, 0.5) is 10.5 Å². The van der Waals surface area contributed by atoms with Crippen LogP contribution in [-0.4, -0.2) is 41.7 Å². The topological polar surface area (TPSA) is 78.9 Å². The van der Waals surface area contributed by atoms with Crippen LogP contribution in [0.2, 0.25) is 0 Å². The summed E-state index contributed by atoms with van der Waals surface area (Å²) < 4.78 is 5.64. The van der Waals surface area contributed by atoms with Gasteiger partial charge in [0.1, 0.15) is 5.75 Å². The summed E-state index contributed by atoms with van der Waals surface area (Å²) in [7, 11) is 0. The number of carboxylic acids is 1. The molecule has 0 aromatic heterocycles.